The molecular formula is C19H23FN2O4. The minimum absolute atomic E-state index is 0.112. The number of ether oxygens (including phenoxy) is 2. The molecule has 140 valence electrons. The average Bonchev–Trinajstić information content (AvgIpc) is 3.03. The van der Waals surface area contributed by atoms with Crippen LogP contribution in [-0.2, 0) is 21.3 Å². The van der Waals surface area contributed by atoms with E-state index in [4.69, 9.17) is 4.74 Å². The van der Waals surface area contributed by atoms with Gasteiger partial charge in [-0.05, 0) is 42.0 Å². The van der Waals surface area contributed by atoms with Crippen molar-refractivity contribution in [3.05, 3.63) is 47.9 Å². The van der Waals surface area contributed by atoms with Crippen molar-refractivity contribution in [3.63, 3.8) is 0 Å². The molecule has 2 aromatic rings. The number of aromatic nitrogens is 1. The Morgan fingerprint density at radius 1 is 1.08 bits per heavy atom. The highest BCUT2D eigenvalue weighted by molar-refractivity contribution is 5.94. The Kier molecular flexibility index (Phi) is 6.91. The fourth-order valence-electron chi connectivity index (χ4n) is 2.64. The number of amides is 1. The zero-order chi connectivity index (χ0) is 19.1. The van der Waals surface area contributed by atoms with Crippen molar-refractivity contribution in [2.24, 2.45) is 7.05 Å². The number of halogens is 1. The molecule has 1 heterocycles. The van der Waals surface area contributed by atoms with Gasteiger partial charge in [-0.15, -0.1) is 0 Å². The second-order valence-corrected chi connectivity index (χ2v) is 5.78. The second kappa shape index (κ2) is 9.15. The van der Waals surface area contributed by atoms with Crippen LogP contribution >= 0.6 is 0 Å². The second-order valence-electron chi connectivity index (χ2n) is 5.78. The minimum Gasteiger partial charge on any atom is -0.469 e. The van der Waals surface area contributed by atoms with Crippen LogP contribution in [0.5, 0.6) is 0 Å². The van der Waals surface area contributed by atoms with Crippen LogP contribution in [-0.4, -0.2) is 55.3 Å². The van der Waals surface area contributed by atoms with Crippen molar-refractivity contribution in [2.75, 3.05) is 33.9 Å². The number of benzene rings is 1. The predicted octanol–water partition coefficient (Wildman–Crippen LogP) is 2.48. The molecule has 0 atom stereocenters. The molecule has 1 amide bonds. The van der Waals surface area contributed by atoms with Crippen LogP contribution in [0.4, 0.5) is 4.39 Å². The first-order valence-corrected chi connectivity index (χ1v) is 8.24. The highest BCUT2D eigenvalue weighted by Crippen LogP contribution is 2.22. The molecule has 0 aliphatic carbocycles. The molecule has 0 bridgehead atoms. The van der Waals surface area contributed by atoms with Crippen LogP contribution in [0, 0.1) is 5.82 Å². The number of carbonyl (C=O) groups is 2. The molecule has 0 spiro atoms. The summed E-state index contributed by atoms with van der Waals surface area (Å²) in [6.45, 7) is 0.970. The monoisotopic (exact) mass is 362 g/mol. The number of esters is 1. The van der Waals surface area contributed by atoms with Crippen LogP contribution < -0.4 is 0 Å². The molecule has 6 nitrogen and oxygen atoms in total. The third-order valence-electron chi connectivity index (χ3n) is 4.15. The van der Waals surface area contributed by atoms with Crippen molar-refractivity contribution in [1.82, 2.24) is 9.47 Å². The van der Waals surface area contributed by atoms with E-state index in [-0.39, 0.29) is 30.7 Å². The summed E-state index contributed by atoms with van der Waals surface area (Å²) in [6, 6.07) is 9.63. The van der Waals surface area contributed by atoms with Crippen molar-refractivity contribution in [3.8, 4) is 11.3 Å². The fraction of sp³-hybridized carbons (Fsp3) is 0.368. The third-order valence-corrected chi connectivity index (χ3v) is 4.15. The summed E-state index contributed by atoms with van der Waals surface area (Å²) >= 11 is 0. The number of hydrogen-bond donors (Lipinski definition) is 0. The standard InChI is InChI=1S/C19H23FN2O4/c1-21-16(14-4-6-15(20)7-5-14)8-9-17(21)19(24)22(12-13-25-2)11-10-18(23)26-3/h4-9H,10-13H2,1-3H3. The van der Waals surface area contributed by atoms with Crippen molar-refractivity contribution < 1.29 is 23.5 Å². The van der Waals surface area contributed by atoms with Gasteiger partial charge in [-0.1, -0.05) is 0 Å². The summed E-state index contributed by atoms with van der Waals surface area (Å²) in [5.41, 5.74) is 2.09. The van der Waals surface area contributed by atoms with E-state index in [2.05, 4.69) is 4.74 Å². The summed E-state index contributed by atoms with van der Waals surface area (Å²) in [5.74, 6) is -0.895. The summed E-state index contributed by atoms with van der Waals surface area (Å²) in [6.07, 6.45) is 0.112. The molecule has 7 heteroatoms. The Balaban J connectivity index is 2.22. The lowest BCUT2D eigenvalue weighted by Crippen LogP contribution is -2.36. The molecule has 0 aliphatic rings. The van der Waals surface area contributed by atoms with Crippen molar-refractivity contribution in [2.45, 2.75) is 6.42 Å². The van der Waals surface area contributed by atoms with E-state index in [1.807, 2.05) is 6.07 Å². The van der Waals surface area contributed by atoms with Crippen molar-refractivity contribution in [1.29, 1.82) is 0 Å². The molecule has 1 aromatic carbocycles. The molecule has 0 unspecified atom stereocenters. The first-order valence-electron chi connectivity index (χ1n) is 8.24. The van der Waals surface area contributed by atoms with E-state index < -0.39 is 0 Å². The van der Waals surface area contributed by atoms with Gasteiger partial charge in [0.25, 0.3) is 5.91 Å². The van der Waals surface area contributed by atoms with Gasteiger partial charge >= 0.3 is 5.97 Å². The Morgan fingerprint density at radius 2 is 1.77 bits per heavy atom. The molecule has 0 radical (unpaired) electrons. The molecule has 0 N–H and O–H groups in total. The molecule has 0 aliphatic heterocycles. The summed E-state index contributed by atoms with van der Waals surface area (Å²) in [4.78, 5) is 25.9. The van der Waals surface area contributed by atoms with Gasteiger partial charge in [0.05, 0.1) is 20.1 Å². The zero-order valence-corrected chi connectivity index (χ0v) is 15.2. The lowest BCUT2D eigenvalue weighted by molar-refractivity contribution is -0.140. The van der Waals surface area contributed by atoms with E-state index in [9.17, 15) is 14.0 Å². The molecule has 0 saturated carbocycles. The fourth-order valence-corrected chi connectivity index (χ4v) is 2.64. The molecular weight excluding hydrogens is 339 g/mol. The van der Waals surface area contributed by atoms with E-state index in [0.29, 0.717) is 18.8 Å². The van der Waals surface area contributed by atoms with Crippen molar-refractivity contribution >= 4 is 11.9 Å². The molecule has 26 heavy (non-hydrogen) atoms. The Bertz CT molecular complexity index is 755. The Morgan fingerprint density at radius 3 is 2.38 bits per heavy atom. The van der Waals surface area contributed by atoms with E-state index >= 15 is 0 Å². The van der Waals surface area contributed by atoms with Gasteiger partial charge in [0.1, 0.15) is 11.5 Å². The van der Waals surface area contributed by atoms with Gasteiger partial charge in [0, 0.05) is 32.9 Å². The molecule has 2 rings (SSSR count). The largest absolute Gasteiger partial charge is 0.469 e. The Labute approximate surface area is 152 Å². The maximum atomic E-state index is 13.1. The average molecular weight is 362 g/mol. The molecule has 0 saturated heterocycles. The van der Waals surface area contributed by atoms with Gasteiger partial charge in [0.15, 0.2) is 0 Å². The smallest absolute Gasteiger partial charge is 0.307 e. The number of rotatable bonds is 8. The highest BCUT2D eigenvalue weighted by atomic mass is 19.1. The van der Waals surface area contributed by atoms with Crippen LogP contribution in [0.25, 0.3) is 11.3 Å². The van der Waals surface area contributed by atoms with Crippen LogP contribution in [0.3, 0.4) is 0 Å². The minimum atomic E-state index is -0.376. The van der Waals surface area contributed by atoms with Crippen LogP contribution in [0.2, 0.25) is 0 Å². The number of methoxy groups -OCH3 is 2. The third kappa shape index (κ3) is 4.70. The topological polar surface area (TPSA) is 60.8 Å². The zero-order valence-electron chi connectivity index (χ0n) is 15.2. The first kappa shape index (κ1) is 19.7. The lowest BCUT2D eigenvalue weighted by atomic mass is 10.1. The molecule has 0 fully saturated rings. The molecule has 1 aromatic heterocycles. The number of carbonyl (C=O) groups excluding carboxylic acids is 2. The summed E-state index contributed by atoms with van der Waals surface area (Å²) in [7, 11) is 4.65. The van der Waals surface area contributed by atoms with Crippen LogP contribution in [0.1, 0.15) is 16.9 Å². The maximum absolute atomic E-state index is 13.1. The van der Waals surface area contributed by atoms with Gasteiger partial charge in [-0.2, -0.15) is 0 Å². The summed E-state index contributed by atoms with van der Waals surface area (Å²) < 4.78 is 24.6. The SMILES string of the molecule is COCCN(CCC(=O)OC)C(=O)c1ccc(-c2ccc(F)cc2)n1C. The van der Waals surface area contributed by atoms with Gasteiger partial charge in [-0.25, -0.2) is 4.39 Å². The van der Waals surface area contributed by atoms with E-state index in [1.54, 1.807) is 41.8 Å². The van der Waals surface area contributed by atoms with Crippen LogP contribution in [0.15, 0.2) is 36.4 Å². The normalized spacial score (nSPS) is 10.6. The van der Waals surface area contributed by atoms with Gasteiger partial charge in [-0.3, -0.25) is 9.59 Å². The quantitative estimate of drug-likeness (QED) is 0.677. The lowest BCUT2D eigenvalue weighted by Gasteiger charge is -2.22. The number of nitrogens with zero attached hydrogens (tertiary/aromatic N) is 2. The maximum Gasteiger partial charge on any atom is 0.307 e. The number of hydrogen-bond acceptors (Lipinski definition) is 4. The van der Waals surface area contributed by atoms with E-state index in [0.717, 1.165) is 11.3 Å². The summed E-state index contributed by atoms with van der Waals surface area (Å²) in [5, 5.41) is 0. The first-order chi connectivity index (χ1) is 12.5. The van der Waals surface area contributed by atoms with Gasteiger partial charge < -0.3 is 18.9 Å². The van der Waals surface area contributed by atoms with Gasteiger partial charge in [0.2, 0.25) is 0 Å². The Hall–Kier alpha value is -2.67. The predicted molar refractivity (Wildman–Crippen MR) is 95.2 cm³/mol. The van der Waals surface area contributed by atoms with E-state index in [1.165, 1.54) is 19.2 Å². The highest BCUT2D eigenvalue weighted by Gasteiger charge is 2.21.